The summed E-state index contributed by atoms with van der Waals surface area (Å²) in [5.41, 5.74) is -0.542. The van der Waals surface area contributed by atoms with E-state index in [1.54, 1.807) is 0 Å². The Kier molecular flexibility index (Phi) is 10.1. The van der Waals surface area contributed by atoms with E-state index in [-0.39, 0.29) is 21.7 Å². The van der Waals surface area contributed by atoms with Gasteiger partial charge in [-0.05, 0) is 27.7 Å². The van der Waals surface area contributed by atoms with Crippen molar-refractivity contribution in [2.75, 3.05) is 36.0 Å². The van der Waals surface area contributed by atoms with E-state index in [9.17, 15) is 20.2 Å². The molecule has 0 N–H and O–H groups in total. The van der Waals surface area contributed by atoms with Crippen LogP contribution in [0.25, 0.3) is 0 Å². The van der Waals surface area contributed by atoms with Crippen LogP contribution < -0.4 is 9.80 Å². The molecule has 2 rings (SSSR count). The van der Waals surface area contributed by atoms with Crippen LogP contribution in [-0.4, -0.2) is 56.0 Å². The molecule has 0 fully saturated rings. The van der Waals surface area contributed by atoms with Gasteiger partial charge in [0.15, 0.2) is 0 Å². The summed E-state index contributed by atoms with van der Waals surface area (Å²) in [5, 5.41) is 20.7. The first-order valence-corrected chi connectivity index (χ1v) is 9.79. The molecule has 0 atom stereocenters. The van der Waals surface area contributed by atoms with Crippen molar-refractivity contribution >= 4 is 46.5 Å². The van der Waals surface area contributed by atoms with Crippen molar-refractivity contribution in [2.24, 2.45) is 0 Å². The predicted molar refractivity (Wildman–Crippen MR) is 115 cm³/mol. The molecule has 0 radical (unpaired) electrons. The Labute approximate surface area is 183 Å². The second-order valence-corrected chi connectivity index (χ2v) is 6.27. The number of nitrogens with zero attached hydrogens (tertiary/aromatic N) is 8. The van der Waals surface area contributed by atoms with Crippen LogP contribution >= 0.6 is 23.2 Å². The first kappa shape index (κ1) is 25.2. The normalized spacial score (nSPS) is 10.1. The van der Waals surface area contributed by atoms with E-state index in [0.29, 0.717) is 11.9 Å². The van der Waals surface area contributed by atoms with Crippen molar-refractivity contribution in [1.29, 1.82) is 0 Å². The van der Waals surface area contributed by atoms with Crippen LogP contribution in [0.4, 0.5) is 23.3 Å². The van der Waals surface area contributed by atoms with Gasteiger partial charge in [0.05, 0.1) is 9.85 Å². The summed E-state index contributed by atoms with van der Waals surface area (Å²) < 4.78 is 0. The molecule has 0 unspecified atom stereocenters. The number of halogens is 2. The molecule has 14 heteroatoms. The van der Waals surface area contributed by atoms with Crippen molar-refractivity contribution in [3.05, 3.63) is 42.9 Å². The molecule has 0 saturated heterocycles. The number of hydrogen-bond donors (Lipinski definition) is 0. The Hall–Kier alpha value is -2.86. The molecule has 0 saturated carbocycles. The van der Waals surface area contributed by atoms with Crippen LogP contribution in [0.3, 0.4) is 0 Å². The zero-order valence-electron chi connectivity index (χ0n) is 16.9. The lowest BCUT2D eigenvalue weighted by atomic mass is 10.5. The molecule has 0 aliphatic heterocycles. The fraction of sp³-hybridized carbons (Fsp3) is 0.500. The largest absolute Gasteiger partial charge is 0.341 e. The monoisotopic (exact) mass is 460 g/mol. The number of hydrogen-bond acceptors (Lipinski definition) is 10. The van der Waals surface area contributed by atoms with Gasteiger partial charge in [0.1, 0.15) is 12.4 Å². The van der Waals surface area contributed by atoms with Crippen LogP contribution in [-0.2, 0) is 0 Å². The van der Waals surface area contributed by atoms with Gasteiger partial charge in [-0.25, -0.2) is 9.97 Å². The van der Waals surface area contributed by atoms with Gasteiger partial charge < -0.3 is 9.80 Å². The Balaban J connectivity index is 0.000000300. The van der Waals surface area contributed by atoms with Crippen LogP contribution in [0, 0.1) is 20.2 Å². The van der Waals surface area contributed by atoms with E-state index < -0.39 is 9.85 Å². The van der Waals surface area contributed by atoms with Gasteiger partial charge in [0.25, 0.3) is 0 Å². The lowest BCUT2D eigenvalue weighted by Gasteiger charge is -2.17. The lowest BCUT2D eigenvalue weighted by molar-refractivity contribution is -0.385. The van der Waals surface area contributed by atoms with E-state index in [2.05, 4.69) is 19.9 Å². The van der Waals surface area contributed by atoms with E-state index in [1.807, 2.05) is 37.5 Å². The average Bonchev–Trinajstić information content (AvgIpc) is 2.70. The predicted octanol–water partition coefficient (Wildman–Crippen LogP) is 3.77. The van der Waals surface area contributed by atoms with Gasteiger partial charge in [0, 0.05) is 26.2 Å². The second-order valence-electron chi connectivity index (χ2n) is 5.55. The zero-order chi connectivity index (χ0) is 22.8. The summed E-state index contributed by atoms with van der Waals surface area (Å²) in [6.07, 6.45) is 2.26. The van der Waals surface area contributed by atoms with E-state index in [4.69, 9.17) is 23.2 Å². The molecule has 0 aromatic carbocycles. The molecule has 164 valence electrons. The minimum absolute atomic E-state index is 0.128. The standard InChI is InChI=1S/2C8H11ClN4O2/c2*1-3-12(4-2)8-10-5-6(13(14)15)7(9)11-8/h2*5H,3-4H2,1-2H3. The molecule has 0 amide bonds. The lowest BCUT2D eigenvalue weighted by Crippen LogP contribution is -2.24. The Morgan fingerprint density at radius 2 is 1.07 bits per heavy atom. The summed E-state index contributed by atoms with van der Waals surface area (Å²) in [7, 11) is 0. The number of rotatable bonds is 8. The first-order valence-electron chi connectivity index (χ1n) is 9.03. The summed E-state index contributed by atoms with van der Waals surface area (Å²) in [6.45, 7) is 10.7. The van der Waals surface area contributed by atoms with E-state index in [1.165, 1.54) is 0 Å². The molecular formula is C16H22Cl2N8O4. The summed E-state index contributed by atoms with van der Waals surface area (Å²) >= 11 is 11.3. The maximum Gasteiger partial charge on any atom is 0.324 e. The first-order chi connectivity index (χ1) is 14.2. The molecule has 0 aliphatic carbocycles. The minimum atomic E-state index is -0.603. The van der Waals surface area contributed by atoms with Gasteiger partial charge in [-0.1, -0.05) is 23.2 Å². The fourth-order valence-electron chi connectivity index (χ4n) is 2.25. The third-order valence-electron chi connectivity index (χ3n) is 3.91. The maximum atomic E-state index is 10.5. The topological polar surface area (TPSA) is 144 Å². The summed E-state index contributed by atoms with van der Waals surface area (Å²) in [5.74, 6) is 0.825. The molecule has 0 bridgehead atoms. The molecule has 2 aromatic heterocycles. The molecule has 2 aromatic rings. The summed E-state index contributed by atoms with van der Waals surface area (Å²) in [6, 6.07) is 0. The SMILES string of the molecule is CCN(CC)c1ncc([N+](=O)[O-])c(Cl)n1.CCN(CC)c1ncc([N+](=O)[O-])c(Cl)n1. The molecule has 2 heterocycles. The van der Waals surface area contributed by atoms with Crippen LogP contribution in [0.15, 0.2) is 12.4 Å². The Morgan fingerprint density at radius 1 is 0.767 bits per heavy atom. The van der Waals surface area contributed by atoms with Crippen molar-refractivity contribution in [3.63, 3.8) is 0 Å². The van der Waals surface area contributed by atoms with E-state index in [0.717, 1.165) is 38.6 Å². The highest BCUT2D eigenvalue weighted by molar-refractivity contribution is 6.31. The Morgan fingerprint density at radius 3 is 1.27 bits per heavy atom. The van der Waals surface area contributed by atoms with Crippen LogP contribution in [0.1, 0.15) is 27.7 Å². The second kappa shape index (κ2) is 12.0. The minimum Gasteiger partial charge on any atom is -0.341 e. The molecule has 12 nitrogen and oxygen atoms in total. The molecular weight excluding hydrogens is 439 g/mol. The quantitative estimate of drug-likeness (QED) is 0.324. The van der Waals surface area contributed by atoms with Crippen molar-refractivity contribution in [3.8, 4) is 0 Å². The number of nitro groups is 2. The van der Waals surface area contributed by atoms with Crippen molar-refractivity contribution in [2.45, 2.75) is 27.7 Å². The highest BCUT2D eigenvalue weighted by Gasteiger charge is 2.17. The smallest absolute Gasteiger partial charge is 0.324 e. The highest BCUT2D eigenvalue weighted by atomic mass is 35.5. The number of anilines is 2. The summed E-state index contributed by atoms with van der Waals surface area (Å²) in [4.78, 5) is 39.0. The molecule has 0 spiro atoms. The van der Waals surface area contributed by atoms with Crippen LogP contribution in [0.5, 0.6) is 0 Å². The molecule has 0 aliphatic rings. The van der Waals surface area contributed by atoms with Crippen LogP contribution in [0.2, 0.25) is 10.3 Å². The van der Waals surface area contributed by atoms with Gasteiger partial charge in [-0.15, -0.1) is 0 Å². The fourth-order valence-corrected chi connectivity index (χ4v) is 2.64. The third kappa shape index (κ3) is 6.59. The number of aromatic nitrogens is 4. The average molecular weight is 461 g/mol. The molecule has 30 heavy (non-hydrogen) atoms. The van der Waals surface area contributed by atoms with Gasteiger partial charge in [-0.3, -0.25) is 20.2 Å². The van der Waals surface area contributed by atoms with Gasteiger partial charge in [0.2, 0.25) is 22.2 Å². The van der Waals surface area contributed by atoms with Crippen molar-refractivity contribution < 1.29 is 9.85 Å². The highest BCUT2D eigenvalue weighted by Crippen LogP contribution is 2.23. The van der Waals surface area contributed by atoms with Crippen molar-refractivity contribution in [1.82, 2.24) is 19.9 Å². The zero-order valence-corrected chi connectivity index (χ0v) is 18.5. The van der Waals surface area contributed by atoms with Gasteiger partial charge >= 0.3 is 11.4 Å². The van der Waals surface area contributed by atoms with Gasteiger partial charge in [-0.2, -0.15) is 9.97 Å². The van der Waals surface area contributed by atoms with E-state index >= 15 is 0 Å². The Bertz CT molecular complexity index is 807. The third-order valence-corrected chi connectivity index (χ3v) is 4.47. The maximum absolute atomic E-state index is 10.5.